The topological polar surface area (TPSA) is 83.5 Å². The van der Waals surface area contributed by atoms with Gasteiger partial charge in [0.15, 0.2) is 0 Å². The number of nitrogens with zero attached hydrogens (tertiary/aromatic N) is 5. The molecule has 1 aliphatic heterocycles. The second kappa shape index (κ2) is 10.2. The number of aryl methyl sites for hydroxylation is 1. The molecule has 0 unspecified atom stereocenters. The highest BCUT2D eigenvalue weighted by atomic mass is 16.5. The summed E-state index contributed by atoms with van der Waals surface area (Å²) in [5.41, 5.74) is 0.651. The van der Waals surface area contributed by atoms with E-state index in [1.165, 1.54) is 0 Å². The zero-order chi connectivity index (χ0) is 24.0. The smallest absolute Gasteiger partial charge is 0.253 e. The highest BCUT2D eigenvalue weighted by Crippen LogP contribution is 2.23. The Morgan fingerprint density at radius 2 is 1.54 bits per heavy atom. The molecule has 2 aromatic heterocycles. The number of para-hydroxylation sites is 1. The maximum Gasteiger partial charge on any atom is 0.253 e. The molecule has 0 bridgehead atoms. The van der Waals surface area contributed by atoms with Crippen LogP contribution in [-0.2, 0) is 0 Å². The fourth-order valence-corrected chi connectivity index (χ4v) is 3.96. The monoisotopic (exact) mass is 466 g/mol. The lowest BCUT2D eigenvalue weighted by atomic mass is 10.1. The second-order valence-corrected chi connectivity index (χ2v) is 8.22. The molecular formula is C27H26N6O2. The Bertz CT molecular complexity index is 1270. The first-order valence-electron chi connectivity index (χ1n) is 11.5. The Morgan fingerprint density at radius 3 is 2.26 bits per heavy atom. The molecule has 3 heterocycles. The number of ether oxygens (including phenoxy) is 1. The normalized spacial score (nSPS) is 13.4. The Hall–Kier alpha value is -4.46. The van der Waals surface area contributed by atoms with E-state index in [1.54, 1.807) is 6.20 Å². The predicted molar refractivity (Wildman–Crippen MR) is 135 cm³/mol. The highest BCUT2D eigenvalue weighted by molar-refractivity contribution is 5.94. The molecule has 176 valence electrons. The largest absolute Gasteiger partial charge is 0.457 e. The molecular weight excluding hydrogens is 440 g/mol. The highest BCUT2D eigenvalue weighted by Gasteiger charge is 2.23. The van der Waals surface area contributed by atoms with Crippen molar-refractivity contribution >= 4 is 23.4 Å². The fourth-order valence-electron chi connectivity index (χ4n) is 3.96. The van der Waals surface area contributed by atoms with Crippen LogP contribution >= 0.6 is 0 Å². The molecule has 8 heteroatoms. The van der Waals surface area contributed by atoms with E-state index in [-0.39, 0.29) is 5.91 Å². The van der Waals surface area contributed by atoms with E-state index >= 15 is 0 Å². The summed E-state index contributed by atoms with van der Waals surface area (Å²) in [4.78, 5) is 30.5. The average Bonchev–Trinajstić information content (AvgIpc) is 2.90. The van der Waals surface area contributed by atoms with Crippen molar-refractivity contribution in [2.75, 3.05) is 36.4 Å². The number of piperazine rings is 1. The molecule has 5 rings (SSSR count). The van der Waals surface area contributed by atoms with Crippen molar-refractivity contribution in [1.29, 1.82) is 0 Å². The van der Waals surface area contributed by atoms with Crippen LogP contribution < -0.4 is 15.0 Å². The molecule has 1 fully saturated rings. The third-order valence-electron chi connectivity index (χ3n) is 5.72. The molecule has 1 saturated heterocycles. The number of amides is 1. The maximum absolute atomic E-state index is 13.0. The van der Waals surface area contributed by atoms with Gasteiger partial charge in [-0.1, -0.05) is 24.3 Å². The van der Waals surface area contributed by atoms with Crippen LogP contribution in [-0.4, -0.2) is 51.9 Å². The van der Waals surface area contributed by atoms with Crippen molar-refractivity contribution in [2.45, 2.75) is 6.92 Å². The van der Waals surface area contributed by atoms with E-state index in [2.05, 4.69) is 25.2 Å². The number of hydrogen-bond acceptors (Lipinski definition) is 7. The van der Waals surface area contributed by atoms with E-state index in [1.807, 2.05) is 90.7 Å². The van der Waals surface area contributed by atoms with Gasteiger partial charge in [0, 0.05) is 44.0 Å². The summed E-state index contributed by atoms with van der Waals surface area (Å²) in [7, 11) is 0. The van der Waals surface area contributed by atoms with Crippen LogP contribution in [0.4, 0.5) is 17.5 Å². The van der Waals surface area contributed by atoms with Gasteiger partial charge in [-0.15, -0.1) is 0 Å². The molecule has 8 nitrogen and oxygen atoms in total. The molecule has 0 saturated carbocycles. The molecule has 4 aromatic rings. The number of carbonyl (C=O) groups excluding carboxylic acids is 1. The van der Waals surface area contributed by atoms with Crippen LogP contribution in [0, 0.1) is 6.92 Å². The van der Waals surface area contributed by atoms with Crippen molar-refractivity contribution in [2.24, 2.45) is 0 Å². The lowest BCUT2D eigenvalue weighted by Gasteiger charge is -2.35. The van der Waals surface area contributed by atoms with Crippen LogP contribution in [0.5, 0.6) is 11.5 Å². The molecule has 2 aromatic carbocycles. The molecule has 0 aliphatic carbocycles. The summed E-state index contributed by atoms with van der Waals surface area (Å²) in [6.07, 6.45) is 1.73. The van der Waals surface area contributed by atoms with Gasteiger partial charge in [-0.25, -0.2) is 15.0 Å². The molecule has 0 radical (unpaired) electrons. The predicted octanol–water partition coefficient (Wildman–Crippen LogP) is 4.68. The van der Waals surface area contributed by atoms with Crippen molar-refractivity contribution < 1.29 is 9.53 Å². The van der Waals surface area contributed by atoms with Crippen LogP contribution in [0.3, 0.4) is 0 Å². The van der Waals surface area contributed by atoms with Crippen molar-refractivity contribution in [1.82, 2.24) is 19.9 Å². The van der Waals surface area contributed by atoms with E-state index in [0.29, 0.717) is 49.1 Å². The van der Waals surface area contributed by atoms with E-state index < -0.39 is 0 Å². The minimum Gasteiger partial charge on any atom is -0.457 e. The van der Waals surface area contributed by atoms with E-state index in [4.69, 9.17) is 4.74 Å². The molecule has 0 spiro atoms. The SMILES string of the molecule is Cc1nc(Nc2ccccn2)cc(N2CCN(C(=O)c3ccc(Oc4ccccc4)cc3)CC2)n1. The lowest BCUT2D eigenvalue weighted by molar-refractivity contribution is 0.0746. The number of rotatable bonds is 6. The third-order valence-corrected chi connectivity index (χ3v) is 5.72. The van der Waals surface area contributed by atoms with E-state index in [0.717, 1.165) is 17.4 Å². The summed E-state index contributed by atoms with van der Waals surface area (Å²) >= 11 is 0. The molecule has 1 N–H and O–H groups in total. The van der Waals surface area contributed by atoms with E-state index in [9.17, 15) is 4.79 Å². The van der Waals surface area contributed by atoms with Gasteiger partial charge in [-0.05, 0) is 55.5 Å². The number of hydrogen-bond donors (Lipinski definition) is 1. The quantitative estimate of drug-likeness (QED) is 0.442. The zero-order valence-electron chi connectivity index (χ0n) is 19.5. The minimum atomic E-state index is 0.0206. The number of benzene rings is 2. The number of pyridine rings is 1. The van der Waals surface area contributed by atoms with Crippen LogP contribution in [0.2, 0.25) is 0 Å². The van der Waals surface area contributed by atoms with Gasteiger partial charge in [0.1, 0.15) is 34.8 Å². The Kier molecular flexibility index (Phi) is 6.52. The first-order chi connectivity index (χ1) is 17.1. The molecule has 0 atom stereocenters. The van der Waals surface area contributed by atoms with Crippen LogP contribution in [0.25, 0.3) is 0 Å². The first-order valence-corrected chi connectivity index (χ1v) is 11.5. The van der Waals surface area contributed by atoms with Gasteiger partial charge >= 0.3 is 0 Å². The summed E-state index contributed by atoms with van der Waals surface area (Å²) < 4.78 is 5.83. The summed E-state index contributed by atoms with van der Waals surface area (Å²) in [5, 5.41) is 3.23. The summed E-state index contributed by atoms with van der Waals surface area (Å²) in [5.74, 6) is 4.43. The molecule has 1 amide bonds. The standard InChI is InChI=1S/C27H26N6O2/c1-20-29-25(31-24-9-5-6-14-28-24)19-26(30-20)32-15-17-33(18-16-32)27(34)21-10-12-23(13-11-21)35-22-7-3-2-4-8-22/h2-14,19H,15-18H2,1H3,(H,28,29,30,31). The lowest BCUT2D eigenvalue weighted by Crippen LogP contribution is -2.49. The van der Waals surface area contributed by atoms with Gasteiger partial charge in [0.2, 0.25) is 0 Å². The maximum atomic E-state index is 13.0. The average molecular weight is 467 g/mol. The Balaban J connectivity index is 1.20. The Morgan fingerprint density at radius 1 is 0.829 bits per heavy atom. The number of nitrogens with one attached hydrogen (secondary N) is 1. The second-order valence-electron chi connectivity index (χ2n) is 8.22. The van der Waals surface area contributed by atoms with Crippen molar-refractivity contribution in [3.8, 4) is 11.5 Å². The summed E-state index contributed by atoms with van der Waals surface area (Å²) in [6.45, 7) is 4.50. The first kappa shape index (κ1) is 22.3. The number of anilines is 3. The number of carbonyl (C=O) groups is 1. The molecule has 1 aliphatic rings. The Labute approximate surface area is 204 Å². The van der Waals surface area contributed by atoms with Crippen molar-refractivity contribution in [3.05, 3.63) is 96.4 Å². The van der Waals surface area contributed by atoms with Crippen LogP contribution in [0.15, 0.2) is 85.1 Å². The van der Waals surface area contributed by atoms with Gasteiger partial charge in [0.25, 0.3) is 5.91 Å². The minimum absolute atomic E-state index is 0.0206. The third kappa shape index (κ3) is 5.55. The van der Waals surface area contributed by atoms with Gasteiger partial charge < -0.3 is 19.9 Å². The summed E-state index contributed by atoms with van der Waals surface area (Å²) in [6, 6.07) is 24.5. The number of aromatic nitrogens is 3. The van der Waals surface area contributed by atoms with Crippen LogP contribution in [0.1, 0.15) is 16.2 Å². The zero-order valence-corrected chi connectivity index (χ0v) is 19.5. The fraction of sp³-hybridized carbons (Fsp3) is 0.185. The van der Waals surface area contributed by atoms with Gasteiger partial charge in [0.05, 0.1) is 0 Å². The molecule has 35 heavy (non-hydrogen) atoms. The van der Waals surface area contributed by atoms with Gasteiger partial charge in [-0.3, -0.25) is 4.79 Å². The van der Waals surface area contributed by atoms with Gasteiger partial charge in [-0.2, -0.15) is 0 Å². The van der Waals surface area contributed by atoms with Crippen molar-refractivity contribution in [3.63, 3.8) is 0 Å².